The van der Waals surface area contributed by atoms with Gasteiger partial charge in [-0.1, -0.05) is 23.2 Å². The van der Waals surface area contributed by atoms with Crippen LogP contribution in [0.15, 0.2) is 18.2 Å². The first kappa shape index (κ1) is 14.1. The van der Waals surface area contributed by atoms with Crippen LogP contribution in [0.25, 0.3) is 0 Å². The summed E-state index contributed by atoms with van der Waals surface area (Å²) >= 11 is 11.8. The molecule has 0 radical (unpaired) electrons. The molecule has 0 aliphatic carbocycles. The highest BCUT2D eigenvalue weighted by Gasteiger charge is 2.31. The van der Waals surface area contributed by atoms with Crippen molar-refractivity contribution in [1.29, 1.82) is 0 Å². The molecule has 0 saturated carbocycles. The van der Waals surface area contributed by atoms with Gasteiger partial charge in [-0.25, -0.2) is 0 Å². The summed E-state index contributed by atoms with van der Waals surface area (Å²) in [5.41, 5.74) is 0.0428. The van der Waals surface area contributed by atoms with Crippen molar-refractivity contribution < 1.29 is 5.11 Å². The predicted molar refractivity (Wildman–Crippen MR) is 69.7 cm³/mol. The summed E-state index contributed by atoms with van der Waals surface area (Å²) in [6.45, 7) is 1.64. The van der Waals surface area contributed by atoms with Gasteiger partial charge >= 0.3 is 0 Å². The second-order valence-corrected chi connectivity index (χ2v) is 4.81. The van der Waals surface area contributed by atoms with E-state index in [9.17, 15) is 5.11 Å². The number of rotatable bonds is 1. The van der Waals surface area contributed by atoms with E-state index in [1.165, 1.54) is 0 Å². The van der Waals surface area contributed by atoms with E-state index in [0.29, 0.717) is 22.9 Å². The van der Waals surface area contributed by atoms with Crippen molar-refractivity contribution in [3.8, 4) is 0 Å². The summed E-state index contributed by atoms with van der Waals surface area (Å²) in [5, 5.41) is 14.8. The molecule has 1 heterocycles. The van der Waals surface area contributed by atoms with Gasteiger partial charge in [0.15, 0.2) is 0 Å². The van der Waals surface area contributed by atoms with Crippen LogP contribution in [0.4, 0.5) is 0 Å². The fraction of sp³-hybridized carbons (Fsp3) is 0.455. The lowest BCUT2D eigenvalue weighted by atomic mass is 9.85. The third-order valence-corrected chi connectivity index (χ3v) is 3.27. The Bertz CT molecular complexity index is 344. The average Bonchev–Trinajstić information content (AvgIpc) is 2.17. The maximum Gasteiger partial charge on any atom is 0.0921 e. The fourth-order valence-corrected chi connectivity index (χ4v) is 2.48. The number of piperidine rings is 1. The summed E-state index contributed by atoms with van der Waals surface area (Å²) in [4.78, 5) is 0. The molecule has 90 valence electrons. The molecule has 1 aliphatic heterocycles. The zero-order valence-corrected chi connectivity index (χ0v) is 11.0. The number of hydrogen-bond acceptors (Lipinski definition) is 2. The molecule has 16 heavy (non-hydrogen) atoms. The summed E-state index contributed by atoms with van der Waals surface area (Å²) in [5.74, 6) is 0. The molecule has 0 bridgehead atoms. The Balaban J connectivity index is 0.00000128. The maximum absolute atomic E-state index is 10.4. The van der Waals surface area contributed by atoms with Gasteiger partial charge in [-0.3, -0.25) is 0 Å². The molecule has 0 spiro atoms. The minimum Gasteiger partial charge on any atom is -0.385 e. The summed E-state index contributed by atoms with van der Waals surface area (Å²) in [6, 6.07) is 5.26. The summed E-state index contributed by atoms with van der Waals surface area (Å²) < 4.78 is 0. The molecule has 0 unspecified atom stereocenters. The number of benzene rings is 1. The minimum atomic E-state index is -0.778. The van der Waals surface area contributed by atoms with Gasteiger partial charge in [0.1, 0.15) is 0 Å². The van der Waals surface area contributed by atoms with Crippen LogP contribution >= 0.6 is 35.6 Å². The third kappa shape index (κ3) is 3.02. The van der Waals surface area contributed by atoms with Crippen molar-refractivity contribution in [3.05, 3.63) is 33.8 Å². The van der Waals surface area contributed by atoms with Crippen LogP contribution in [0.2, 0.25) is 10.0 Å². The first-order valence-corrected chi connectivity index (χ1v) is 5.75. The molecular formula is C11H14Cl3NO. The molecule has 0 amide bonds. The van der Waals surface area contributed by atoms with Crippen molar-refractivity contribution in [2.24, 2.45) is 0 Å². The minimum absolute atomic E-state index is 0. The van der Waals surface area contributed by atoms with E-state index in [4.69, 9.17) is 23.2 Å². The number of halogens is 3. The van der Waals surface area contributed by atoms with E-state index in [2.05, 4.69) is 5.32 Å². The number of hydrogen-bond donors (Lipinski definition) is 2. The second kappa shape index (κ2) is 5.56. The number of aliphatic hydroxyl groups is 1. The molecular weight excluding hydrogens is 268 g/mol. The Labute approximate surface area is 111 Å². The average molecular weight is 283 g/mol. The molecule has 0 atom stereocenters. The Morgan fingerprint density at radius 2 is 1.56 bits per heavy atom. The first-order valence-electron chi connectivity index (χ1n) is 5.00. The predicted octanol–water partition coefficient (Wildman–Crippen LogP) is 2.99. The lowest BCUT2D eigenvalue weighted by molar-refractivity contribution is 0.00595. The highest BCUT2D eigenvalue weighted by molar-refractivity contribution is 6.34. The van der Waals surface area contributed by atoms with Crippen molar-refractivity contribution >= 4 is 35.6 Å². The first-order chi connectivity index (χ1) is 7.10. The van der Waals surface area contributed by atoms with Crippen LogP contribution in [0.3, 0.4) is 0 Å². The van der Waals surface area contributed by atoms with Gasteiger partial charge in [0.25, 0.3) is 0 Å². The Morgan fingerprint density at radius 1 is 1.06 bits per heavy atom. The lowest BCUT2D eigenvalue weighted by Crippen LogP contribution is -2.39. The molecule has 2 nitrogen and oxygen atoms in total. The maximum atomic E-state index is 10.4. The normalized spacial score (nSPS) is 18.9. The highest BCUT2D eigenvalue weighted by atomic mass is 35.5. The van der Waals surface area contributed by atoms with E-state index in [1.807, 2.05) is 0 Å². The zero-order valence-electron chi connectivity index (χ0n) is 8.67. The summed E-state index contributed by atoms with van der Waals surface area (Å²) in [6.07, 6.45) is 1.40. The fourth-order valence-electron chi connectivity index (χ4n) is 1.95. The molecule has 1 fully saturated rings. The van der Waals surface area contributed by atoms with Gasteiger partial charge in [0.05, 0.1) is 5.60 Å². The van der Waals surface area contributed by atoms with Crippen molar-refractivity contribution in [2.75, 3.05) is 13.1 Å². The molecule has 1 aromatic rings. The standard InChI is InChI=1S/C11H13Cl2NO.ClH/c12-9-5-8(6-10(13)7-9)11(15)1-3-14-4-2-11;/h5-7,14-15H,1-4H2;1H. The number of nitrogens with one attached hydrogen (secondary N) is 1. The van der Waals surface area contributed by atoms with E-state index in [-0.39, 0.29) is 12.4 Å². The highest BCUT2D eigenvalue weighted by Crippen LogP contribution is 2.33. The molecule has 2 N–H and O–H groups in total. The van der Waals surface area contributed by atoms with Crippen molar-refractivity contribution in [3.63, 3.8) is 0 Å². The SMILES string of the molecule is Cl.OC1(c2cc(Cl)cc(Cl)c2)CCNCC1. The van der Waals surface area contributed by atoms with E-state index in [0.717, 1.165) is 18.7 Å². The van der Waals surface area contributed by atoms with Gasteiger partial charge in [0, 0.05) is 10.0 Å². The van der Waals surface area contributed by atoms with Gasteiger partial charge in [-0.15, -0.1) is 12.4 Å². The third-order valence-electron chi connectivity index (χ3n) is 2.83. The Morgan fingerprint density at radius 3 is 2.06 bits per heavy atom. The van der Waals surface area contributed by atoms with Crippen LogP contribution in [-0.2, 0) is 5.60 Å². The van der Waals surface area contributed by atoms with Crippen LogP contribution in [0.1, 0.15) is 18.4 Å². The van der Waals surface area contributed by atoms with E-state index < -0.39 is 5.60 Å². The molecule has 1 aliphatic rings. The van der Waals surface area contributed by atoms with Crippen LogP contribution in [-0.4, -0.2) is 18.2 Å². The van der Waals surface area contributed by atoms with E-state index >= 15 is 0 Å². The molecule has 0 aromatic heterocycles. The van der Waals surface area contributed by atoms with Crippen LogP contribution in [0, 0.1) is 0 Å². The largest absolute Gasteiger partial charge is 0.385 e. The molecule has 2 rings (SSSR count). The smallest absolute Gasteiger partial charge is 0.0921 e. The zero-order chi connectivity index (χ0) is 10.9. The Hall–Kier alpha value is 0.01000. The molecule has 5 heteroatoms. The van der Waals surface area contributed by atoms with Crippen LogP contribution in [0.5, 0.6) is 0 Å². The van der Waals surface area contributed by atoms with Gasteiger partial charge in [0.2, 0.25) is 0 Å². The van der Waals surface area contributed by atoms with Gasteiger partial charge in [-0.05, 0) is 49.7 Å². The second-order valence-electron chi connectivity index (χ2n) is 3.94. The quantitative estimate of drug-likeness (QED) is 0.830. The molecule has 1 aromatic carbocycles. The van der Waals surface area contributed by atoms with E-state index in [1.54, 1.807) is 18.2 Å². The monoisotopic (exact) mass is 281 g/mol. The van der Waals surface area contributed by atoms with Gasteiger partial charge in [-0.2, -0.15) is 0 Å². The molecule has 1 saturated heterocycles. The van der Waals surface area contributed by atoms with Crippen LogP contribution < -0.4 is 5.32 Å². The van der Waals surface area contributed by atoms with Crippen molar-refractivity contribution in [1.82, 2.24) is 5.32 Å². The lowest BCUT2D eigenvalue weighted by Gasteiger charge is -2.33. The Kier molecular flexibility index (Phi) is 4.89. The van der Waals surface area contributed by atoms with Gasteiger partial charge < -0.3 is 10.4 Å². The topological polar surface area (TPSA) is 32.3 Å². The van der Waals surface area contributed by atoms with Crippen molar-refractivity contribution in [2.45, 2.75) is 18.4 Å². The summed E-state index contributed by atoms with van der Waals surface area (Å²) in [7, 11) is 0.